The van der Waals surface area contributed by atoms with E-state index in [2.05, 4.69) is 14.9 Å². The lowest BCUT2D eigenvalue weighted by atomic mass is 10.1. The fourth-order valence-corrected chi connectivity index (χ4v) is 4.20. The molecule has 1 saturated heterocycles. The van der Waals surface area contributed by atoms with Crippen LogP contribution in [0.2, 0.25) is 0 Å². The van der Waals surface area contributed by atoms with Crippen LogP contribution in [-0.2, 0) is 17.6 Å². The number of rotatable bonds is 4. The van der Waals surface area contributed by atoms with E-state index in [1.165, 1.54) is 0 Å². The van der Waals surface area contributed by atoms with Crippen LogP contribution >= 0.6 is 0 Å². The highest BCUT2D eigenvalue weighted by Crippen LogP contribution is 2.29. The zero-order chi connectivity index (χ0) is 20.5. The summed E-state index contributed by atoms with van der Waals surface area (Å²) in [7, 11) is 0. The van der Waals surface area contributed by atoms with Gasteiger partial charge in [-0.1, -0.05) is 0 Å². The van der Waals surface area contributed by atoms with Crippen LogP contribution < -0.4 is 15.3 Å². The van der Waals surface area contributed by atoms with Gasteiger partial charge in [-0.15, -0.1) is 0 Å². The molecule has 154 valence electrons. The summed E-state index contributed by atoms with van der Waals surface area (Å²) >= 11 is 0. The molecule has 0 bridgehead atoms. The Morgan fingerprint density at radius 2 is 1.83 bits per heavy atom. The Balaban J connectivity index is 1.21. The van der Waals surface area contributed by atoms with Crippen molar-refractivity contribution in [2.24, 2.45) is 0 Å². The molecule has 0 radical (unpaired) electrons. The third-order valence-corrected chi connectivity index (χ3v) is 5.77. The Kier molecular flexibility index (Phi) is 4.82. The van der Waals surface area contributed by atoms with Gasteiger partial charge in [-0.2, -0.15) is 0 Å². The Bertz CT molecular complexity index is 1140. The van der Waals surface area contributed by atoms with Gasteiger partial charge in [0.05, 0.1) is 0 Å². The zero-order valence-corrected chi connectivity index (χ0v) is 16.5. The molecule has 0 unspecified atom stereocenters. The van der Waals surface area contributed by atoms with Crippen molar-refractivity contribution >= 4 is 22.8 Å². The van der Waals surface area contributed by atoms with E-state index < -0.39 is 0 Å². The highest BCUT2D eigenvalue weighted by molar-refractivity contribution is 5.83. The number of amides is 1. The van der Waals surface area contributed by atoms with E-state index in [0.717, 1.165) is 35.8 Å². The maximum Gasteiger partial charge on any atom is 0.339 e. The smallest absolute Gasteiger partial charge is 0.339 e. The Hall–Kier alpha value is -3.42. The normalized spacial score (nSPS) is 16.0. The fourth-order valence-electron chi connectivity index (χ4n) is 4.20. The number of carbonyl (C=O) groups is 1. The van der Waals surface area contributed by atoms with Gasteiger partial charge in [-0.05, 0) is 43.0 Å². The molecule has 0 N–H and O–H groups in total. The summed E-state index contributed by atoms with van der Waals surface area (Å²) in [5, 5.41) is 0.958. The van der Waals surface area contributed by atoms with Crippen LogP contribution in [0.3, 0.4) is 0 Å². The van der Waals surface area contributed by atoms with Crippen LogP contribution in [0.5, 0.6) is 5.75 Å². The van der Waals surface area contributed by atoms with E-state index in [-0.39, 0.29) is 18.1 Å². The lowest BCUT2D eigenvalue weighted by Crippen LogP contribution is -2.50. The number of benzene rings is 1. The maximum absolute atomic E-state index is 12.6. The number of piperazine rings is 1. The number of aromatic nitrogens is 2. The van der Waals surface area contributed by atoms with Crippen molar-refractivity contribution in [3.63, 3.8) is 0 Å². The number of nitrogens with zero attached hydrogens (tertiary/aromatic N) is 4. The average Bonchev–Trinajstić information content (AvgIpc) is 3.29. The molecule has 8 nitrogen and oxygen atoms in total. The topological polar surface area (TPSA) is 88.8 Å². The summed E-state index contributed by atoms with van der Waals surface area (Å²) in [5.74, 6) is 1.14. The molecule has 0 atom stereocenters. The van der Waals surface area contributed by atoms with Gasteiger partial charge >= 0.3 is 5.63 Å². The first-order valence-electron chi connectivity index (χ1n) is 10.2. The molecule has 5 rings (SSSR count). The minimum absolute atomic E-state index is 0.0531. The molecule has 3 heterocycles. The van der Waals surface area contributed by atoms with Crippen LogP contribution in [0.4, 0.5) is 5.95 Å². The standard InChI is InChI=1S/C22H22N4O4/c27-20(25-9-11-26(12-10-25)22-23-7-2-8-24-22)14-29-15-5-6-17-16-3-1-4-18(16)21(28)30-19(17)13-15/h2,5-8,13H,1,3-4,9-12,14H2. The third kappa shape index (κ3) is 3.49. The van der Waals surface area contributed by atoms with Gasteiger partial charge < -0.3 is 19.0 Å². The molecule has 0 saturated carbocycles. The fraction of sp³-hybridized carbons (Fsp3) is 0.364. The maximum atomic E-state index is 12.6. The molecule has 30 heavy (non-hydrogen) atoms. The minimum atomic E-state index is -0.261. The molecule has 1 aliphatic heterocycles. The van der Waals surface area contributed by atoms with Gasteiger partial charge in [-0.25, -0.2) is 14.8 Å². The molecule has 3 aromatic rings. The minimum Gasteiger partial charge on any atom is -0.484 e. The van der Waals surface area contributed by atoms with Crippen LogP contribution in [-0.4, -0.2) is 53.6 Å². The second kappa shape index (κ2) is 7.78. The summed E-state index contributed by atoms with van der Waals surface area (Å²) in [6.45, 7) is 2.50. The quantitative estimate of drug-likeness (QED) is 0.611. The SMILES string of the molecule is O=C(COc1ccc2c3c(c(=O)oc2c1)CCC3)N1CCN(c2ncccn2)CC1. The number of hydrogen-bond donors (Lipinski definition) is 0. The molecule has 2 aliphatic rings. The highest BCUT2D eigenvalue weighted by atomic mass is 16.5. The van der Waals surface area contributed by atoms with E-state index in [4.69, 9.17) is 9.15 Å². The van der Waals surface area contributed by atoms with E-state index in [0.29, 0.717) is 43.5 Å². The first kappa shape index (κ1) is 18.6. The monoisotopic (exact) mass is 406 g/mol. The number of fused-ring (bicyclic) bond motifs is 3. The number of ether oxygens (including phenoxy) is 1. The molecule has 2 aromatic heterocycles. The van der Waals surface area contributed by atoms with E-state index >= 15 is 0 Å². The summed E-state index contributed by atoms with van der Waals surface area (Å²) in [4.78, 5) is 37.1. The second-order valence-corrected chi connectivity index (χ2v) is 7.56. The van der Waals surface area contributed by atoms with E-state index in [1.807, 2.05) is 12.1 Å². The number of carbonyl (C=O) groups excluding carboxylic acids is 1. The van der Waals surface area contributed by atoms with Crippen LogP contribution in [0.25, 0.3) is 11.0 Å². The summed E-state index contributed by atoms with van der Waals surface area (Å²) in [6, 6.07) is 7.24. The van der Waals surface area contributed by atoms with Crippen molar-refractivity contribution in [1.82, 2.24) is 14.9 Å². The van der Waals surface area contributed by atoms with Crippen molar-refractivity contribution < 1.29 is 13.9 Å². The molecule has 1 fully saturated rings. The van der Waals surface area contributed by atoms with Gasteiger partial charge in [0, 0.05) is 55.6 Å². The van der Waals surface area contributed by atoms with Crippen molar-refractivity contribution in [3.8, 4) is 5.75 Å². The summed E-state index contributed by atoms with van der Waals surface area (Å²) in [6.07, 6.45) is 6.09. The lowest BCUT2D eigenvalue weighted by molar-refractivity contribution is -0.133. The first-order chi connectivity index (χ1) is 14.7. The molecule has 1 aromatic carbocycles. The van der Waals surface area contributed by atoms with Crippen molar-refractivity contribution in [2.45, 2.75) is 19.3 Å². The zero-order valence-electron chi connectivity index (χ0n) is 16.5. The van der Waals surface area contributed by atoms with Gasteiger partial charge in [-0.3, -0.25) is 4.79 Å². The molecular formula is C22H22N4O4. The number of hydrogen-bond acceptors (Lipinski definition) is 7. The Morgan fingerprint density at radius 1 is 1.07 bits per heavy atom. The van der Waals surface area contributed by atoms with Crippen molar-refractivity contribution in [1.29, 1.82) is 0 Å². The van der Waals surface area contributed by atoms with E-state index in [9.17, 15) is 9.59 Å². The van der Waals surface area contributed by atoms with Crippen molar-refractivity contribution in [3.05, 3.63) is 58.2 Å². The Labute approximate surface area is 173 Å². The van der Waals surface area contributed by atoms with E-state index in [1.54, 1.807) is 29.4 Å². The number of anilines is 1. The summed E-state index contributed by atoms with van der Waals surface area (Å²) < 4.78 is 11.2. The first-order valence-corrected chi connectivity index (χ1v) is 10.2. The predicted molar refractivity (Wildman–Crippen MR) is 111 cm³/mol. The average molecular weight is 406 g/mol. The molecule has 1 aliphatic carbocycles. The molecular weight excluding hydrogens is 384 g/mol. The molecule has 8 heteroatoms. The van der Waals surface area contributed by atoms with Crippen LogP contribution in [0, 0.1) is 0 Å². The van der Waals surface area contributed by atoms with Gasteiger partial charge in [0.2, 0.25) is 5.95 Å². The van der Waals surface area contributed by atoms with Crippen molar-refractivity contribution in [2.75, 3.05) is 37.7 Å². The Morgan fingerprint density at radius 3 is 2.63 bits per heavy atom. The largest absolute Gasteiger partial charge is 0.484 e. The number of aryl methyl sites for hydroxylation is 1. The van der Waals surface area contributed by atoms with Crippen LogP contribution in [0.1, 0.15) is 17.5 Å². The van der Waals surface area contributed by atoms with Crippen LogP contribution in [0.15, 0.2) is 45.9 Å². The van der Waals surface area contributed by atoms with Gasteiger partial charge in [0.25, 0.3) is 5.91 Å². The predicted octanol–water partition coefficient (Wildman–Crippen LogP) is 1.80. The lowest BCUT2D eigenvalue weighted by Gasteiger charge is -2.34. The second-order valence-electron chi connectivity index (χ2n) is 7.56. The van der Waals surface area contributed by atoms with Gasteiger partial charge in [0.1, 0.15) is 11.3 Å². The molecule has 0 spiro atoms. The molecule has 1 amide bonds. The van der Waals surface area contributed by atoms with Gasteiger partial charge in [0.15, 0.2) is 6.61 Å². The highest BCUT2D eigenvalue weighted by Gasteiger charge is 2.23. The third-order valence-electron chi connectivity index (χ3n) is 5.77. The summed E-state index contributed by atoms with van der Waals surface area (Å²) in [5.41, 5.74) is 2.14.